The topological polar surface area (TPSA) is 41.3 Å². The SMILES string of the molecule is Cc1cc2c(s1)Nc1ccccc1CN2N. The van der Waals surface area contributed by atoms with Gasteiger partial charge in [0.05, 0.1) is 12.2 Å². The van der Waals surface area contributed by atoms with Crippen molar-refractivity contribution >= 4 is 27.7 Å². The molecule has 3 rings (SSSR count). The van der Waals surface area contributed by atoms with Crippen molar-refractivity contribution in [2.45, 2.75) is 13.5 Å². The van der Waals surface area contributed by atoms with Crippen LogP contribution in [0.1, 0.15) is 10.4 Å². The summed E-state index contributed by atoms with van der Waals surface area (Å²) >= 11 is 1.74. The van der Waals surface area contributed by atoms with Crippen molar-refractivity contribution in [3.8, 4) is 0 Å². The number of nitrogens with two attached hydrogens (primary N) is 1. The van der Waals surface area contributed by atoms with Gasteiger partial charge in [-0.2, -0.15) is 0 Å². The van der Waals surface area contributed by atoms with Gasteiger partial charge in [-0.1, -0.05) is 18.2 Å². The van der Waals surface area contributed by atoms with E-state index in [1.54, 1.807) is 16.3 Å². The zero-order chi connectivity index (χ0) is 11.1. The quantitative estimate of drug-likeness (QED) is 0.685. The fourth-order valence-corrected chi connectivity index (χ4v) is 2.91. The average molecular weight is 231 g/mol. The van der Waals surface area contributed by atoms with Gasteiger partial charge in [-0.25, -0.2) is 5.84 Å². The molecule has 0 atom stereocenters. The van der Waals surface area contributed by atoms with E-state index < -0.39 is 0 Å². The molecule has 2 aromatic rings. The van der Waals surface area contributed by atoms with Crippen molar-refractivity contribution in [2.75, 3.05) is 10.3 Å². The Morgan fingerprint density at radius 2 is 2.19 bits per heavy atom. The van der Waals surface area contributed by atoms with Gasteiger partial charge in [0, 0.05) is 10.6 Å². The molecule has 0 amide bonds. The minimum absolute atomic E-state index is 0.742. The molecule has 4 heteroatoms. The van der Waals surface area contributed by atoms with E-state index in [0.29, 0.717) is 0 Å². The second-order valence-electron chi connectivity index (χ2n) is 3.98. The van der Waals surface area contributed by atoms with Gasteiger partial charge in [-0.3, -0.25) is 0 Å². The lowest BCUT2D eigenvalue weighted by atomic mass is 10.2. The maximum absolute atomic E-state index is 6.07. The third-order valence-electron chi connectivity index (χ3n) is 2.75. The summed E-state index contributed by atoms with van der Waals surface area (Å²) in [6, 6.07) is 10.4. The van der Waals surface area contributed by atoms with E-state index in [0.717, 1.165) is 22.9 Å². The summed E-state index contributed by atoms with van der Waals surface area (Å²) in [6.07, 6.45) is 0. The molecule has 3 N–H and O–H groups in total. The summed E-state index contributed by atoms with van der Waals surface area (Å²) in [7, 11) is 0. The Bertz CT molecular complexity index is 533. The predicted octanol–water partition coefficient (Wildman–Crippen LogP) is 2.99. The molecule has 0 saturated heterocycles. The average Bonchev–Trinajstić information content (AvgIpc) is 2.57. The number of hydrogen-bond acceptors (Lipinski definition) is 4. The fourth-order valence-electron chi connectivity index (χ4n) is 1.97. The molecule has 0 saturated carbocycles. The highest BCUT2D eigenvalue weighted by atomic mass is 32.1. The molecule has 3 nitrogen and oxygen atoms in total. The number of hydrogen-bond donors (Lipinski definition) is 2. The van der Waals surface area contributed by atoms with Gasteiger partial charge in [0.2, 0.25) is 0 Å². The van der Waals surface area contributed by atoms with Crippen LogP contribution < -0.4 is 16.2 Å². The lowest BCUT2D eigenvalue weighted by molar-refractivity contribution is 0.863. The van der Waals surface area contributed by atoms with E-state index in [1.165, 1.54) is 10.4 Å². The van der Waals surface area contributed by atoms with E-state index >= 15 is 0 Å². The van der Waals surface area contributed by atoms with Crippen molar-refractivity contribution in [3.05, 3.63) is 40.8 Å². The number of nitrogens with zero attached hydrogens (tertiary/aromatic N) is 1. The van der Waals surface area contributed by atoms with Gasteiger partial charge >= 0.3 is 0 Å². The molecule has 82 valence electrons. The number of hydrazine groups is 1. The molecule has 0 bridgehead atoms. The van der Waals surface area contributed by atoms with Gasteiger partial charge in [-0.15, -0.1) is 11.3 Å². The maximum atomic E-state index is 6.07. The first-order chi connectivity index (χ1) is 7.74. The number of rotatable bonds is 0. The fraction of sp³-hybridized carbons (Fsp3) is 0.167. The van der Waals surface area contributed by atoms with Crippen LogP contribution >= 0.6 is 11.3 Å². The van der Waals surface area contributed by atoms with Crippen LogP contribution in [0.4, 0.5) is 16.4 Å². The lowest BCUT2D eigenvalue weighted by Gasteiger charge is -2.15. The predicted molar refractivity (Wildman–Crippen MR) is 69.2 cm³/mol. The van der Waals surface area contributed by atoms with Crippen molar-refractivity contribution in [2.24, 2.45) is 5.84 Å². The van der Waals surface area contributed by atoms with Crippen LogP contribution in [0.25, 0.3) is 0 Å². The van der Waals surface area contributed by atoms with Crippen LogP contribution in [0, 0.1) is 6.92 Å². The zero-order valence-electron chi connectivity index (χ0n) is 9.03. The van der Waals surface area contributed by atoms with Crippen LogP contribution in [-0.2, 0) is 6.54 Å². The number of anilines is 3. The summed E-state index contributed by atoms with van der Waals surface area (Å²) in [6.45, 7) is 2.84. The highest BCUT2D eigenvalue weighted by Gasteiger charge is 2.18. The standard InChI is InChI=1S/C12H13N3S/c1-8-6-11-12(16-8)14-10-5-3-2-4-9(10)7-15(11)13/h2-6,14H,7,13H2,1H3. The first-order valence-corrected chi connectivity index (χ1v) is 6.03. The summed E-state index contributed by atoms with van der Waals surface area (Å²) in [5.74, 6) is 6.07. The minimum Gasteiger partial charge on any atom is -0.345 e. The Kier molecular flexibility index (Phi) is 2.12. The second-order valence-corrected chi connectivity index (χ2v) is 5.24. The van der Waals surface area contributed by atoms with Crippen LogP contribution in [-0.4, -0.2) is 0 Å². The molecule has 1 aromatic heterocycles. The molecule has 0 spiro atoms. The normalized spacial score (nSPS) is 13.8. The van der Waals surface area contributed by atoms with Crippen molar-refractivity contribution in [1.29, 1.82) is 0 Å². The highest BCUT2D eigenvalue weighted by Crippen LogP contribution is 2.40. The number of benzene rings is 1. The molecule has 0 aliphatic carbocycles. The molecule has 0 fully saturated rings. The molecule has 0 radical (unpaired) electrons. The number of nitrogens with one attached hydrogen (secondary N) is 1. The molecule has 1 aromatic carbocycles. The number of aryl methyl sites for hydroxylation is 1. The van der Waals surface area contributed by atoms with Crippen molar-refractivity contribution in [1.82, 2.24) is 0 Å². The zero-order valence-corrected chi connectivity index (χ0v) is 9.84. The Morgan fingerprint density at radius 1 is 1.38 bits per heavy atom. The highest BCUT2D eigenvalue weighted by molar-refractivity contribution is 7.16. The van der Waals surface area contributed by atoms with E-state index in [-0.39, 0.29) is 0 Å². The molecule has 1 aliphatic heterocycles. The smallest absolute Gasteiger partial charge is 0.118 e. The van der Waals surface area contributed by atoms with Crippen molar-refractivity contribution in [3.63, 3.8) is 0 Å². The van der Waals surface area contributed by atoms with Crippen LogP contribution in [0.5, 0.6) is 0 Å². The van der Waals surface area contributed by atoms with Crippen LogP contribution in [0.2, 0.25) is 0 Å². The molecule has 16 heavy (non-hydrogen) atoms. The molecule has 1 aliphatic rings. The Labute approximate surface area is 98.5 Å². The van der Waals surface area contributed by atoms with Crippen LogP contribution in [0.3, 0.4) is 0 Å². The van der Waals surface area contributed by atoms with E-state index in [9.17, 15) is 0 Å². The van der Waals surface area contributed by atoms with Gasteiger partial charge in [0.25, 0.3) is 0 Å². The largest absolute Gasteiger partial charge is 0.345 e. The van der Waals surface area contributed by atoms with E-state index in [1.807, 2.05) is 12.1 Å². The number of thiophene rings is 1. The lowest BCUT2D eigenvalue weighted by Crippen LogP contribution is -2.29. The number of fused-ring (bicyclic) bond motifs is 2. The molecule has 2 heterocycles. The first-order valence-electron chi connectivity index (χ1n) is 5.21. The summed E-state index contributed by atoms with van der Waals surface area (Å²) < 4.78 is 0. The molecular weight excluding hydrogens is 218 g/mol. The second kappa shape index (κ2) is 3.50. The summed E-state index contributed by atoms with van der Waals surface area (Å²) in [4.78, 5) is 1.27. The Morgan fingerprint density at radius 3 is 3.06 bits per heavy atom. The third-order valence-corrected chi connectivity index (χ3v) is 3.71. The monoisotopic (exact) mass is 231 g/mol. The van der Waals surface area contributed by atoms with E-state index in [2.05, 4.69) is 30.4 Å². The molecular formula is C12H13N3S. The first kappa shape index (κ1) is 9.69. The summed E-state index contributed by atoms with van der Waals surface area (Å²) in [5.41, 5.74) is 3.46. The minimum atomic E-state index is 0.742. The Hall–Kier alpha value is -1.52. The van der Waals surface area contributed by atoms with Crippen molar-refractivity contribution < 1.29 is 0 Å². The molecule has 0 unspecified atom stereocenters. The van der Waals surface area contributed by atoms with Gasteiger partial charge in [-0.05, 0) is 24.6 Å². The Balaban J connectivity index is 2.13. The van der Waals surface area contributed by atoms with E-state index in [4.69, 9.17) is 5.84 Å². The maximum Gasteiger partial charge on any atom is 0.118 e. The van der Waals surface area contributed by atoms with Crippen LogP contribution in [0.15, 0.2) is 30.3 Å². The van der Waals surface area contributed by atoms with Gasteiger partial charge in [0.1, 0.15) is 5.00 Å². The summed E-state index contributed by atoms with van der Waals surface area (Å²) in [5, 5.41) is 6.38. The van der Waals surface area contributed by atoms with Gasteiger partial charge in [0.15, 0.2) is 0 Å². The van der Waals surface area contributed by atoms with Gasteiger partial charge < -0.3 is 10.3 Å². The third kappa shape index (κ3) is 1.47. The number of para-hydroxylation sites is 1.